The number of aromatic nitrogens is 3. The summed E-state index contributed by atoms with van der Waals surface area (Å²) in [6.45, 7) is 0. The average Bonchev–Trinajstić information content (AvgIpc) is 3.84. The lowest BCUT2D eigenvalue weighted by atomic mass is 9.93. The van der Waals surface area contributed by atoms with Crippen LogP contribution in [-0.4, -0.2) is 14.5 Å². The van der Waals surface area contributed by atoms with Crippen LogP contribution in [0.25, 0.3) is 116 Å². The molecule has 0 fully saturated rings. The van der Waals surface area contributed by atoms with E-state index < -0.39 is 0 Å². The van der Waals surface area contributed by atoms with Gasteiger partial charge in [-0.3, -0.25) is 0 Å². The minimum Gasteiger partial charge on any atom is -0.456 e. The standard InChI is InChI=1S/C54H33N3O/c1-3-14-34(15-4-1)35-26-28-36(29-27-35)53-41-20-9-11-23-46(41)55-54(56-53)43-22-13-25-50-52(43)45-32-37(30-31-49(45)58-50)44-33-48-51(40-19-8-7-18-39(40)44)42-21-10-12-24-47(42)57(48)38-16-5-2-6-17-38/h1-33H. The minimum atomic E-state index is 0.666. The topological polar surface area (TPSA) is 43.9 Å². The van der Waals surface area contributed by atoms with Crippen LogP contribution in [0.15, 0.2) is 205 Å². The Morgan fingerprint density at radius 3 is 1.84 bits per heavy atom. The summed E-state index contributed by atoms with van der Waals surface area (Å²) in [5.41, 5.74) is 13.5. The molecule has 0 atom stereocenters. The highest BCUT2D eigenvalue weighted by molar-refractivity contribution is 6.24. The predicted octanol–water partition coefficient (Wildman–Crippen LogP) is 14.4. The van der Waals surface area contributed by atoms with E-state index in [0.717, 1.165) is 60.9 Å². The van der Waals surface area contributed by atoms with Crippen molar-refractivity contribution in [3.63, 3.8) is 0 Å². The summed E-state index contributed by atoms with van der Waals surface area (Å²) < 4.78 is 8.98. The van der Waals surface area contributed by atoms with Gasteiger partial charge < -0.3 is 8.98 Å². The van der Waals surface area contributed by atoms with Crippen molar-refractivity contribution in [2.75, 3.05) is 0 Å². The quantitative estimate of drug-likeness (QED) is 0.177. The number of nitrogens with zero attached hydrogens (tertiary/aromatic N) is 3. The van der Waals surface area contributed by atoms with Gasteiger partial charge in [0.1, 0.15) is 11.2 Å². The second kappa shape index (κ2) is 12.9. The van der Waals surface area contributed by atoms with Crippen molar-refractivity contribution < 1.29 is 4.42 Å². The molecule has 0 saturated heterocycles. The molecule has 12 aromatic rings. The number of para-hydroxylation sites is 3. The molecule has 4 heteroatoms. The van der Waals surface area contributed by atoms with Gasteiger partial charge in [0.05, 0.1) is 22.2 Å². The summed E-state index contributed by atoms with van der Waals surface area (Å²) in [6, 6.07) is 70.8. The van der Waals surface area contributed by atoms with E-state index in [2.05, 4.69) is 180 Å². The van der Waals surface area contributed by atoms with Crippen molar-refractivity contribution in [2.24, 2.45) is 0 Å². The molecular weight excluding hydrogens is 707 g/mol. The van der Waals surface area contributed by atoms with E-state index in [1.165, 1.54) is 49.3 Å². The molecule has 0 aliphatic rings. The molecular formula is C54H33N3O. The molecule has 0 bridgehead atoms. The number of hydrogen-bond donors (Lipinski definition) is 0. The van der Waals surface area contributed by atoms with Crippen molar-refractivity contribution in [3.05, 3.63) is 200 Å². The fraction of sp³-hybridized carbons (Fsp3) is 0. The average molecular weight is 740 g/mol. The number of rotatable bonds is 5. The van der Waals surface area contributed by atoms with Crippen LogP contribution >= 0.6 is 0 Å². The lowest BCUT2D eigenvalue weighted by molar-refractivity contribution is 0.669. The molecule has 3 heterocycles. The van der Waals surface area contributed by atoms with Crippen LogP contribution in [0.3, 0.4) is 0 Å². The van der Waals surface area contributed by atoms with E-state index in [-0.39, 0.29) is 0 Å². The highest BCUT2D eigenvalue weighted by atomic mass is 16.3. The molecule has 0 aliphatic carbocycles. The Labute approximate surface area is 333 Å². The Bertz CT molecular complexity index is 3550. The number of hydrogen-bond acceptors (Lipinski definition) is 3. The van der Waals surface area contributed by atoms with Gasteiger partial charge in [-0.2, -0.15) is 0 Å². The van der Waals surface area contributed by atoms with E-state index in [4.69, 9.17) is 14.4 Å². The van der Waals surface area contributed by atoms with Gasteiger partial charge >= 0.3 is 0 Å². The maximum absolute atomic E-state index is 6.58. The summed E-state index contributed by atoms with van der Waals surface area (Å²) >= 11 is 0. The molecule has 4 nitrogen and oxygen atoms in total. The van der Waals surface area contributed by atoms with E-state index in [1.807, 2.05) is 24.3 Å². The van der Waals surface area contributed by atoms with Crippen molar-refractivity contribution >= 4 is 65.4 Å². The summed E-state index contributed by atoms with van der Waals surface area (Å²) in [5, 5.41) is 7.99. The first-order valence-corrected chi connectivity index (χ1v) is 19.7. The van der Waals surface area contributed by atoms with Gasteiger partial charge in [-0.25, -0.2) is 9.97 Å². The molecule has 0 aliphatic heterocycles. The first-order chi connectivity index (χ1) is 28.8. The Morgan fingerprint density at radius 2 is 1.02 bits per heavy atom. The van der Waals surface area contributed by atoms with Crippen LogP contribution < -0.4 is 0 Å². The molecule has 58 heavy (non-hydrogen) atoms. The summed E-state index contributed by atoms with van der Waals surface area (Å²) in [6.07, 6.45) is 0. The van der Waals surface area contributed by atoms with Crippen molar-refractivity contribution in [1.29, 1.82) is 0 Å². The Hall–Kier alpha value is -7.82. The Kier molecular flexibility index (Phi) is 7.20. The summed E-state index contributed by atoms with van der Waals surface area (Å²) in [7, 11) is 0. The van der Waals surface area contributed by atoms with E-state index in [1.54, 1.807) is 0 Å². The van der Waals surface area contributed by atoms with Crippen LogP contribution in [0, 0.1) is 0 Å². The fourth-order valence-electron chi connectivity index (χ4n) is 8.97. The molecule has 0 radical (unpaired) electrons. The van der Waals surface area contributed by atoms with Gasteiger partial charge in [0, 0.05) is 43.7 Å². The maximum Gasteiger partial charge on any atom is 0.161 e. The molecule has 0 saturated carbocycles. The predicted molar refractivity (Wildman–Crippen MR) is 240 cm³/mol. The molecule has 0 amide bonds. The summed E-state index contributed by atoms with van der Waals surface area (Å²) in [5.74, 6) is 0.666. The molecule has 0 N–H and O–H groups in total. The lowest BCUT2D eigenvalue weighted by Gasteiger charge is -2.12. The van der Waals surface area contributed by atoms with Gasteiger partial charge in [0.25, 0.3) is 0 Å². The van der Waals surface area contributed by atoms with E-state index in [0.29, 0.717) is 5.82 Å². The van der Waals surface area contributed by atoms with Crippen LogP contribution in [-0.2, 0) is 0 Å². The third-order valence-corrected chi connectivity index (χ3v) is 11.6. The Morgan fingerprint density at radius 1 is 0.362 bits per heavy atom. The Balaban J connectivity index is 1.07. The second-order valence-electron chi connectivity index (χ2n) is 14.9. The zero-order valence-corrected chi connectivity index (χ0v) is 31.3. The SMILES string of the molecule is c1ccc(-c2ccc(-c3nc(-c4cccc5oc6ccc(-c7cc8c(c9ccccc79)c7ccccc7n8-c7ccccc7)cc6c45)nc4ccccc34)cc2)cc1. The van der Waals surface area contributed by atoms with Gasteiger partial charge in [-0.05, 0) is 81.6 Å². The molecule has 270 valence electrons. The monoisotopic (exact) mass is 739 g/mol. The van der Waals surface area contributed by atoms with Crippen molar-refractivity contribution in [3.8, 4) is 50.6 Å². The normalized spacial score (nSPS) is 11.8. The van der Waals surface area contributed by atoms with Crippen molar-refractivity contribution in [2.45, 2.75) is 0 Å². The highest BCUT2D eigenvalue weighted by Gasteiger charge is 2.21. The molecule has 0 unspecified atom stereocenters. The van der Waals surface area contributed by atoms with Crippen LogP contribution in [0.4, 0.5) is 0 Å². The van der Waals surface area contributed by atoms with Crippen LogP contribution in [0.5, 0.6) is 0 Å². The number of fused-ring (bicyclic) bond motifs is 9. The third-order valence-electron chi connectivity index (χ3n) is 11.6. The van der Waals surface area contributed by atoms with Gasteiger partial charge in [0.2, 0.25) is 0 Å². The van der Waals surface area contributed by atoms with Crippen molar-refractivity contribution in [1.82, 2.24) is 14.5 Å². The zero-order chi connectivity index (χ0) is 38.2. The third kappa shape index (κ3) is 5.02. The molecule has 9 aromatic carbocycles. The largest absolute Gasteiger partial charge is 0.456 e. The lowest BCUT2D eigenvalue weighted by Crippen LogP contribution is -1.95. The van der Waals surface area contributed by atoms with Gasteiger partial charge in [0.15, 0.2) is 5.82 Å². The minimum absolute atomic E-state index is 0.666. The molecule has 12 rings (SSSR count). The second-order valence-corrected chi connectivity index (χ2v) is 14.9. The highest BCUT2D eigenvalue weighted by Crippen LogP contribution is 2.44. The van der Waals surface area contributed by atoms with Crippen LogP contribution in [0.2, 0.25) is 0 Å². The first-order valence-electron chi connectivity index (χ1n) is 19.7. The number of benzene rings is 9. The van der Waals surface area contributed by atoms with E-state index in [9.17, 15) is 0 Å². The van der Waals surface area contributed by atoms with Gasteiger partial charge in [-0.15, -0.1) is 0 Å². The fourth-order valence-corrected chi connectivity index (χ4v) is 8.97. The molecule has 0 spiro atoms. The number of furan rings is 1. The zero-order valence-electron chi connectivity index (χ0n) is 31.3. The smallest absolute Gasteiger partial charge is 0.161 e. The van der Waals surface area contributed by atoms with Gasteiger partial charge in [-0.1, -0.05) is 152 Å². The van der Waals surface area contributed by atoms with Crippen LogP contribution in [0.1, 0.15) is 0 Å². The van der Waals surface area contributed by atoms with E-state index >= 15 is 0 Å². The first kappa shape index (κ1) is 32.4. The maximum atomic E-state index is 6.58. The summed E-state index contributed by atoms with van der Waals surface area (Å²) in [4.78, 5) is 10.5. The molecule has 3 aromatic heterocycles.